The standard InChI is InChI=1S/C14H11F2N5O4S/c15-13(16)25-8-1-2-9-10(7-8)26-14(17-9)18-12(22)4-6-20-5-3-11(19-20)21(23)24/h1-3,5,7,13H,4,6H2,(H,17,18,22). The molecule has 2 aromatic heterocycles. The van der Waals surface area contributed by atoms with Crippen molar-refractivity contribution in [1.82, 2.24) is 14.8 Å². The Bertz CT molecular complexity index is 958. The van der Waals surface area contributed by atoms with Gasteiger partial charge in [-0.2, -0.15) is 13.5 Å². The number of ether oxygens (including phenoxy) is 1. The number of nitrogens with zero attached hydrogens (tertiary/aromatic N) is 4. The van der Waals surface area contributed by atoms with Gasteiger partial charge in [-0.1, -0.05) is 11.3 Å². The molecule has 0 radical (unpaired) electrons. The maximum absolute atomic E-state index is 12.2. The molecule has 3 aromatic rings. The van der Waals surface area contributed by atoms with Crippen molar-refractivity contribution >= 4 is 38.4 Å². The molecule has 0 saturated carbocycles. The average molecular weight is 383 g/mol. The third kappa shape index (κ3) is 4.27. The molecule has 1 aromatic carbocycles. The number of alkyl halides is 2. The van der Waals surface area contributed by atoms with E-state index in [9.17, 15) is 23.7 Å². The van der Waals surface area contributed by atoms with Gasteiger partial charge in [0.25, 0.3) is 0 Å². The van der Waals surface area contributed by atoms with Crippen molar-refractivity contribution in [2.24, 2.45) is 0 Å². The fourth-order valence-electron chi connectivity index (χ4n) is 2.11. The topological polar surface area (TPSA) is 112 Å². The summed E-state index contributed by atoms with van der Waals surface area (Å²) in [6.07, 6.45) is 1.45. The summed E-state index contributed by atoms with van der Waals surface area (Å²) >= 11 is 1.12. The maximum Gasteiger partial charge on any atom is 0.389 e. The van der Waals surface area contributed by atoms with Gasteiger partial charge in [-0.15, -0.1) is 0 Å². The predicted molar refractivity (Wildman–Crippen MR) is 88.4 cm³/mol. The highest BCUT2D eigenvalue weighted by Crippen LogP contribution is 2.29. The average Bonchev–Trinajstić information content (AvgIpc) is 3.18. The number of carbonyl (C=O) groups is 1. The lowest BCUT2D eigenvalue weighted by Crippen LogP contribution is -2.14. The SMILES string of the molecule is O=C(CCn1ccc([N+](=O)[O-])n1)Nc1nc2ccc(OC(F)F)cc2s1. The molecule has 0 unspecified atom stereocenters. The zero-order valence-corrected chi connectivity index (χ0v) is 13.8. The molecule has 136 valence electrons. The summed E-state index contributed by atoms with van der Waals surface area (Å²) in [7, 11) is 0. The number of aryl methyl sites for hydroxylation is 1. The number of aromatic nitrogens is 3. The number of benzene rings is 1. The second-order valence-corrected chi connectivity index (χ2v) is 6.05. The minimum atomic E-state index is -2.92. The lowest BCUT2D eigenvalue weighted by Gasteiger charge is -2.02. The summed E-state index contributed by atoms with van der Waals surface area (Å²) in [5.41, 5.74) is 0.537. The lowest BCUT2D eigenvalue weighted by molar-refractivity contribution is -0.389. The molecule has 0 aliphatic rings. The number of hydrogen-bond donors (Lipinski definition) is 1. The van der Waals surface area contributed by atoms with E-state index in [0.29, 0.717) is 15.3 Å². The summed E-state index contributed by atoms with van der Waals surface area (Å²) in [6, 6.07) is 5.54. The van der Waals surface area contributed by atoms with E-state index in [0.717, 1.165) is 11.3 Å². The fraction of sp³-hybridized carbons (Fsp3) is 0.214. The molecule has 26 heavy (non-hydrogen) atoms. The lowest BCUT2D eigenvalue weighted by atomic mass is 10.3. The van der Waals surface area contributed by atoms with Crippen molar-refractivity contribution in [3.05, 3.63) is 40.6 Å². The molecule has 0 aliphatic heterocycles. The molecule has 0 bridgehead atoms. The van der Waals surface area contributed by atoms with Gasteiger partial charge < -0.3 is 20.2 Å². The zero-order chi connectivity index (χ0) is 18.7. The molecule has 2 heterocycles. The molecular formula is C14H11F2N5O4S. The van der Waals surface area contributed by atoms with Crippen LogP contribution in [0.3, 0.4) is 0 Å². The van der Waals surface area contributed by atoms with Crippen LogP contribution < -0.4 is 10.1 Å². The summed E-state index contributed by atoms with van der Waals surface area (Å²) in [4.78, 5) is 26.1. The number of rotatable bonds is 7. The van der Waals surface area contributed by atoms with Crippen LogP contribution in [-0.4, -0.2) is 32.2 Å². The minimum Gasteiger partial charge on any atom is -0.435 e. The number of halogens is 2. The van der Waals surface area contributed by atoms with Gasteiger partial charge in [0.15, 0.2) is 5.13 Å². The molecule has 3 rings (SSSR count). The predicted octanol–water partition coefficient (Wildman–Crippen LogP) is 3.03. The molecule has 0 spiro atoms. The van der Waals surface area contributed by atoms with E-state index in [2.05, 4.69) is 20.1 Å². The molecule has 12 heteroatoms. The van der Waals surface area contributed by atoms with Gasteiger partial charge in [-0.25, -0.2) is 4.98 Å². The number of nitrogens with one attached hydrogen (secondary N) is 1. The third-order valence-corrected chi connectivity index (χ3v) is 4.15. The van der Waals surface area contributed by atoms with E-state index >= 15 is 0 Å². The molecule has 0 fully saturated rings. The Labute approximate surface area is 148 Å². The molecule has 9 nitrogen and oxygen atoms in total. The quantitative estimate of drug-likeness (QED) is 0.496. The van der Waals surface area contributed by atoms with Crippen molar-refractivity contribution in [2.45, 2.75) is 19.6 Å². The van der Waals surface area contributed by atoms with Gasteiger partial charge in [0, 0.05) is 6.42 Å². The van der Waals surface area contributed by atoms with Gasteiger partial charge >= 0.3 is 12.4 Å². The van der Waals surface area contributed by atoms with Crippen LogP contribution in [0.25, 0.3) is 10.2 Å². The Morgan fingerprint density at radius 1 is 1.42 bits per heavy atom. The largest absolute Gasteiger partial charge is 0.435 e. The highest BCUT2D eigenvalue weighted by atomic mass is 32.1. The second-order valence-electron chi connectivity index (χ2n) is 5.02. The van der Waals surface area contributed by atoms with Crippen molar-refractivity contribution in [3.8, 4) is 5.75 Å². The number of anilines is 1. The number of thiazole rings is 1. The van der Waals surface area contributed by atoms with Crippen LogP contribution in [0.15, 0.2) is 30.5 Å². The Balaban J connectivity index is 1.60. The first-order valence-corrected chi connectivity index (χ1v) is 8.05. The summed E-state index contributed by atoms with van der Waals surface area (Å²) in [5.74, 6) is -0.640. The number of carbonyl (C=O) groups excluding carboxylic acids is 1. The molecule has 0 aliphatic carbocycles. The number of amides is 1. The van der Waals surface area contributed by atoms with E-state index in [1.54, 1.807) is 0 Å². The fourth-order valence-corrected chi connectivity index (χ4v) is 3.02. The van der Waals surface area contributed by atoms with E-state index < -0.39 is 11.5 Å². The van der Waals surface area contributed by atoms with Crippen LogP contribution in [0.4, 0.5) is 19.7 Å². The molecule has 0 saturated heterocycles. The first kappa shape index (κ1) is 17.7. The normalized spacial score (nSPS) is 11.0. The van der Waals surface area contributed by atoms with Crippen LogP contribution in [-0.2, 0) is 11.3 Å². The first-order valence-electron chi connectivity index (χ1n) is 7.24. The van der Waals surface area contributed by atoms with Crippen LogP contribution in [0.2, 0.25) is 0 Å². The van der Waals surface area contributed by atoms with Crippen molar-refractivity contribution < 1.29 is 23.2 Å². The highest BCUT2D eigenvalue weighted by Gasteiger charge is 2.13. The Hall–Kier alpha value is -3.15. The number of hydrogen-bond acceptors (Lipinski definition) is 7. The zero-order valence-electron chi connectivity index (χ0n) is 13.0. The van der Waals surface area contributed by atoms with Gasteiger partial charge in [0.05, 0.1) is 34.1 Å². The Morgan fingerprint density at radius 2 is 2.23 bits per heavy atom. The summed E-state index contributed by atoms with van der Waals surface area (Å²) in [5, 5.41) is 17.2. The van der Waals surface area contributed by atoms with Crippen LogP contribution in [0.5, 0.6) is 5.75 Å². The number of nitro groups is 1. The van der Waals surface area contributed by atoms with E-state index in [4.69, 9.17) is 0 Å². The highest BCUT2D eigenvalue weighted by molar-refractivity contribution is 7.22. The molecule has 1 amide bonds. The van der Waals surface area contributed by atoms with Gasteiger partial charge in [0.1, 0.15) is 5.75 Å². The summed E-state index contributed by atoms with van der Waals surface area (Å²) in [6.45, 7) is -2.76. The monoisotopic (exact) mass is 383 g/mol. The van der Waals surface area contributed by atoms with Crippen LogP contribution in [0.1, 0.15) is 6.42 Å². The van der Waals surface area contributed by atoms with E-state index in [1.807, 2.05) is 0 Å². The van der Waals surface area contributed by atoms with E-state index in [-0.39, 0.29) is 30.4 Å². The first-order chi connectivity index (χ1) is 12.4. The van der Waals surface area contributed by atoms with Gasteiger partial charge in [-0.3, -0.25) is 4.79 Å². The molecular weight excluding hydrogens is 372 g/mol. The molecule has 1 N–H and O–H groups in total. The van der Waals surface area contributed by atoms with Crippen LogP contribution >= 0.6 is 11.3 Å². The van der Waals surface area contributed by atoms with Gasteiger partial charge in [-0.05, 0) is 23.1 Å². The van der Waals surface area contributed by atoms with Crippen molar-refractivity contribution in [3.63, 3.8) is 0 Å². The van der Waals surface area contributed by atoms with E-state index in [1.165, 1.54) is 35.1 Å². The Morgan fingerprint density at radius 3 is 2.92 bits per heavy atom. The number of fused-ring (bicyclic) bond motifs is 1. The third-order valence-electron chi connectivity index (χ3n) is 3.21. The van der Waals surface area contributed by atoms with Crippen molar-refractivity contribution in [2.75, 3.05) is 5.32 Å². The van der Waals surface area contributed by atoms with Crippen LogP contribution in [0, 0.1) is 10.1 Å². The maximum atomic E-state index is 12.2. The molecule has 0 atom stereocenters. The second kappa shape index (κ2) is 7.39. The van der Waals surface area contributed by atoms with Crippen molar-refractivity contribution in [1.29, 1.82) is 0 Å². The minimum absolute atomic E-state index is 0.00861. The summed E-state index contributed by atoms with van der Waals surface area (Å²) < 4.78 is 30.7. The smallest absolute Gasteiger partial charge is 0.389 e. The Kier molecular flexibility index (Phi) is 5.02. The van der Waals surface area contributed by atoms with Gasteiger partial charge in [0.2, 0.25) is 5.91 Å².